The summed E-state index contributed by atoms with van der Waals surface area (Å²) in [7, 11) is 1.52. The van der Waals surface area contributed by atoms with E-state index >= 15 is 0 Å². The third kappa shape index (κ3) is 4.95. The molecule has 0 unspecified atom stereocenters. The lowest BCUT2D eigenvalue weighted by molar-refractivity contribution is -0.122. The molecule has 104 valence electrons. The molecule has 2 amide bonds. The molecular formula is C13H19N3O3. The predicted molar refractivity (Wildman–Crippen MR) is 70.8 cm³/mol. The Morgan fingerprint density at radius 1 is 1.37 bits per heavy atom. The summed E-state index contributed by atoms with van der Waals surface area (Å²) in [4.78, 5) is 28.7. The van der Waals surface area contributed by atoms with Gasteiger partial charge in [0.15, 0.2) is 0 Å². The number of nitrogens with zero attached hydrogens (tertiary/aromatic N) is 2. The van der Waals surface area contributed by atoms with Gasteiger partial charge in [-0.15, -0.1) is 0 Å². The standard InChI is InChI=1S/C13H19N3O3/c1-13(2,3)15-11(18)8-16(4)12(19)9-5-10(17)7-14-6-9/h5-7,17H,8H2,1-4H3,(H,15,18). The predicted octanol–water partition coefficient (Wildman–Crippen LogP) is 0.774. The molecule has 1 aromatic rings. The van der Waals surface area contributed by atoms with Crippen LogP contribution in [0.2, 0.25) is 0 Å². The van der Waals surface area contributed by atoms with Crippen LogP contribution in [0.1, 0.15) is 31.1 Å². The Morgan fingerprint density at radius 2 is 2.00 bits per heavy atom. The number of amides is 2. The largest absolute Gasteiger partial charge is 0.506 e. The molecule has 2 N–H and O–H groups in total. The zero-order chi connectivity index (χ0) is 14.6. The monoisotopic (exact) mass is 265 g/mol. The van der Waals surface area contributed by atoms with E-state index in [1.54, 1.807) is 0 Å². The summed E-state index contributed by atoms with van der Waals surface area (Å²) in [6.07, 6.45) is 2.59. The first-order valence-electron chi connectivity index (χ1n) is 5.89. The molecule has 19 heavy (non-hydrogen) atoms. The van der Waals surface area contributed by atoms with Gasteiger partial charge in [-0.3, -0.25) is 14.6 Å². The van der Waals surface area contributed by atoms with Gasteiger partial charge in [-0.05, 0) is 26.8 Å². The van der Waals surface area contributed by atoms with Gasteiger partial charge in [0.1, 0.15) is 5.75 Å². The number of rotatable bonds is 3. The fourth-order valence-electron chi connectivity index (χ4n) is 1.51. The van der Waals surface area contributed by atoms with Crippen LogP contribution >= 0.6 is 0 Å². The summed E-state index contributed by atoms with van der Waals surface area (Å²) in [5.41, 5.74) is -0.0980. The number of hydrogen-bond donors (Lipinski definition) is 2. The highest BCUT2D eigenvalue weighted by molar-refractivity contribution is 5.96. The molecule has 0 saturated heterocycles. The van der Waals surface area contributed by atoms with Gasteiger partial charge in [-0.2, -0.15) is 0 Å². The van der Waals surface area contributed by atoms with Gasteiger partial charge in [0.25, 0.3) is 5.91 Å². The number of carbonyl (C=O) groups excluding carboxylic acids is 2. The molecule has 0 aliphatic rings. The van der Waals surface area contributed by atoms with E-state index < -0.39 is 0 Å². The van der Waals surface area contributed by atoms with Crippen molar-refractivity contribution in [1.29, 1.82) is 0 Å². The van der Waals surface area contributed by atoms with Crippen LogP contribution < -0.4 is 5.32 Å². The highest BCUT2D eigenvalue weighted by Crippen LogP contribution is 2.10. The number of nitrogens with one attached hydrogen (secondary N) is 1. The third-order valence-electron chi connectivity index (χ3n) is 2.21. The molecule has 6 heteroatoms. The number of hydrogen-bond acceptors (Lipinski definition) is 4. The molecule has 0 atom stereocenters. The Morgan fingerprint density at radius 3 is 2.53 bits per heavy atom. The second-order valence-electron chi connectivity index (χ2n) is 5.39. The fraction of sp³-hybridized carbons (Fsp3) is 0.462. The van der Waals surface area contributed by atoms with Gasteiger partial charge in [0.05, 0.1) is 18.3 Å². The van der Waals surface area contributed by atoms with Crippen molar-refractivity contribution in [3.05, 3.63) is 24.0 Å². The lowest BCUT2D eigenvalue weighted by Gasteiger charge is -2.23. The second-order valence-corrected chi connectivity index (χ2v) is 5.39. The Hall–Kier alpha value is -2.11. The molecule has 0 bridgehead atoms. The lowest BCUT2D eigenvalue weighted by atomic mass is 10.1. The highest BCUT2D eigenvalue weighted by Gasteiger charge is 2.19. The number of likely N-dealkylation sites (N-methyl/N-ethyl adjacent to an activating group) is 1. The first-order chi connectivity index (χ1) is 8.69. The summed E-state index contributed by atoms with van der Waals surface area (Å²) in [6, 6.07) is 1.31. The molecule has 0 aromatic carbocycles. The molecule has 0 aliphatic carbocycles. The van der Waals surface area contributed by atoms with Crippen molar-refractivity contribution < 1.29 is 14.7 Å². The summed E-state index contributed by atoms with van der Waals surface area (Å²) in [6.45, 7) is 5.55. The number of aromatic nitrogens is 1. The topological polar surface area (TPSA) is 82.5 Å². The maximum absolute atomic E-state index is 12.0. The zero-order valence-corrected chi connectivity index (χ0v) is 11.6. The molecule has 0 saturated carbocycles. The van der Waals surface area contributed by atoms with Crippen LogP contribution in [0, 0.1) is 0 Å². The number of carbonyl (C=O) groups is 2. The number of aromatic hydroxyl groups is 1. The van der Waals surface area contributed by atoms with E-state index in [1.807, 2.05) is 20.8 Å². The van der Waals surface area contributed by atoms with Crippen molar-refractivity contribution in [2.45, 2.75) is 26.3 Å². The van der Waals surface area contributed by atoms with Gasteiger partial charge < -0.3 is 15.3 Å². The average Bonchev–Trinajstić information content (AvgIpc) is 2.25. The highest BCUT2D eigenvalue weighted by atomic mass is 16.3. The molecule has 1 rings (SSSR count). The van der Waals surface area contributed by atoms with Crippen LogP contribution in [-0.4, -0.2) is 45.9 Å². The minimum atomic E-state index is -0.368. The summed E-state index contributed by atoms with van der Waals surface area (Å²) in [5.74, 6) is -0.692. The van der Waals surface area contributed by atoms with E-state index in [4.69, 9.17) is 0 Å². The van der Waals surface area contributed by atoms with Gasteiger partial charge in [0.2, 0.25) is 5.91 Å². The van der Waals surface area contributed by atoms with E-state index in [0.717, 1.165) is 0 Å². The van der Waals surface area contributed by atoms with Crippen molar-refractivity contribution in [2.75, 3.05) is 13.6 Å². The average molecular weight is 265 g/mol. The molecule has 1 heterocycles. The van der Waals surface area contributed by atoms with E-state index in [-0.39, 0.29) is 35.2 Å². The third-order valence-corrected chi connectivity index (χ3v) is 2.21. The zero-order valence-electron chi connectivity index (χ0n) is 11.6. The first kappa shape index (κ1) is 14.9. The van der Waals surface area contributed by atoms with Gasteiger partial charge >= 0.3 is 0 Å². The lowest BCUT2D eigenvalue weighted by Crippen LogP contribution is -2.46. The van der Waals surface area contributed by atoms with Gasteiger partial charge in [0, 0.05) is 18.8 Å². The molecule has 0 aliphatic heterocycles. The van der Waals surface area contributed by atoms with Gasteiger partial charge in [-0.25, -0.2) is 0 Å². The van der Waals surface area contributed by atoms with Crippen molar-refractivity contribution in [3.8, 4) is 5.75 Å². The minimum Gasteiger partial charge on any atom is -0.506 e. The maximum Gasteiger partial charge on any atom is 0.255 e. The van der Waals surface area contributed by atoms with E-state index in [0.29, 0.717) is 0 Å². The first-order valence-corrected chi connectivity index (χ1v) is 5.89. The van der Waals surface area contributed by atoms with Crippen LogP contribution in [0.3, 0.4) is 0 Å². The SMILES string of the molecule is CN(CC(=O)NC(C)(C)C)C(=O)c1cncc(O)c1. The van der Waals surface area contributed by atoms with Crippen LogP contribution in [0.15, 0.2) is 18.5 Å². The Bertz CT molecular complexity index is 480. The van der Waals surface area contributed by atoms with Crippen molar-refractivity contribution in [3.63, 3.8) is 0 Å². The summed E-state index contributed by atoms with van der Waals surface area (Å²) >= 11 is 0. The summed E-state index contributed by atoms with van der Waals surface area (Å²) in [5, 5.41) is 12.0. The van der Waals surface area contributed by atoms with Gasteiger partial charge in [-0.1, -0.05) is 0 Å². The molecule has 1 aromatic heterocycles. The second kappa shape index (κ2) is 5.69. The minimum absolute atomic E-state index is 0.0498. The Balaban J connectivity index is 2.66. The van der Waals surface area contributed by atoms with Crippen molar-refractivity contribution in [1.82, 2.24) is 15.2 Å². The normalized spacial score (nSPS) is 10.9. The number of pyridine rings is 1. The van der Waals surface area contributed by atoms with Crippen LogP contribution in [0.4, 0.5) is 0 Å². The fourth-order valence-corrected chi connectivity index (χ4v) is 1.51. The smallest absolute Gasteiger partial charge is 0.255 e. The molecular weight excluding hydrogens is 246 g/mol. The van der Waals surface area contributed by atoms with Crippen molar-refractivity contribution in [2.24, 2.45) is 0 Å². The molecule has 0 radical (unpaired) electrons. The van der Waals surface area contributed by atoms with E-state index in [2.05, 4.69) is 10.3 Å². The molecule has 0 spiro atoms. The van der Waals surface area contributed by atoms with E-state index in [1.165, 1.54) is 30.4 Å². The Kier molecular flexibility index (Phi) is 4.47. The summed E-state index contributed by atoms with van der Waals surface area (Å²) < 4.78 is 0. The van der Waals surface area contributed by atoms with Crippen LogP contribution in [-0.2, 0) is 4.79 Å². The van der Waals surface area contributed by atoms with Crippen LogP contribution in [0.5, 0.6) is 5.75 Å². The van der Waals surface area contributed by atoms with Crippen molar-refractivity contribution >= 4 is 11.8 Å². The van der Waals surface area contributed by atoms with Crippen LogP contribution in [0.25, 0.3) is 0 Å². The Labute approximate surface area is 112 Å². The van der Waals surface area contributed by atoms with E-state index in [9.17, 15) is 14.7 Å². The molecule has 6 nitrogen and oxygen atoms in total. The molecule has 0 fully saturated rings. The maximum atomic E-state index is 12.0. The quantitative estimate of drug-likeness (QED) is 0.846.